The lowest BCUT2D eigenvalue weighted by Crippen LogP contribution is -2.41. The van der Waals surface area contributed by atoms with E-state index in [2.05, 4.69) is 0 Å². The van der Waals surface area contributed by atoms with E-state index in [1.165, 1.54) is 0 Å². The van der Waals surface area contributed by atoms with Gasteiger partial charge in [-0.25, -0.2) is 0 Å². The van der Waals surface area contributed by atoms with Gasteiger partial charge in [0.05, 0.1) is 11.7 Å². The minimum absolute atomic E-state index is 0.139. The molecular formula is C16H24N2O2S. The third kappa shape index (κ3) is 4.46. The summed E-state index contributed by atoms with van der Waals surface area (Å²) in [5, 5.41) is 0. The summed E-state index contributed by atoms with van der Waals surface area (Å²) in [4.78, 5) is 15.6. The van der Waals surface area contributed by atoms with E-state index < -0.39 is 0 Å². The van der Waals surface area contributed by atoms with Crippen molar-refractivity contribution in [2.45, 2.75) is 30.3 Å². The first kappa shape index (κ1) is 16.3. The van der Waals surface area contributed by atoms with Gasteiger partial charge in [0.15, 0.2) is 0 Å². The lowest BCUT2D eigenvalue weighted by Gasteiger charge is -2.32. The van der Waals surface area contributed by atoms with Crippen molar-refractivity contribution in [3.05, 3.63) is 29.8 Å². The number of amides is 1. The molecule has 1 saturated heterocycles. The van der Waals surface area contributed by atoms with Gasteiger partial charge in [0.25, 0.3) is 5.91 Å². The maximum absolute atomic E-state index is 12.6. The van der Waals surface area contributed by atoms with E-state index in [0.717, 1.165) is 49.4 Å². The molecule has 4 nitrogen and oxygen atoms in total. The van der Waals surface area contributed by atoms with Crippen LogP contribution in [0.25, 0.3) is 0 Å². The molecule has 1 aromatic rings. The van der Waals surface area contributed by atoms with Gasteiger partial charge in [-0.1, -0.05) is 12.1 Å². The summed E-state index contributed by atoms with van der Waals surface area (Å²) in [6, 6.07) is 7.81. The molecule has 116 valence electrons. The quantitative estimate of drug-likeness (QED) is 0.647. The number of benzene rings is 1. The molecule has 0 bridgehead atoms. The summed E-state index contributed by atoms with van der Waals surface area (Å²) in [7, 11) is 0. The van der Waals surface area contributed by atoms with Crippen LogP contribution >= 0.6 is 11.8 Å². The normalized spacial score (nSPS) is 16.2. The van der Waals surface area contributed by atoms with Crippen LogP contribution in [0.1, 0.15) is 29.6 Å². The van der Waals surface area contributed by atoms with Crippen molar-refractivity contribution in [1.29, 1.82) is 0 Å². The van der Waals surface area contributed by atoms with Gasteiger partial charge in [-0.05, 0) is 44.2 Å². The van der Waals surface area contributed by atoms with Crippen LogP contribution in [-0.4, -0.2) is 49.4 Å². The summed E-state index contributed by atoms with van der Waals surface area (Å²) in [6.07, 6.45) is 5.01. The monoisotopic (exact) mass is 308 g/mol. The SMILES string of the molecule is CSc1ccccc1C(=O)N1CCC(OCCCN)CC1. The highest BCUT2D eigenvalue weighted by atomic mass is 32.2. The number of carbonyl (C=O) groups excluding carboxylic acids is 1. The maximum Gasteiger partial charge on any atom is 0.254 e. The van der Waals surface area contributed by atoms with Crippen molar-refractivity contribution in [1.82, 2.24) is 4.90 Å². The number of thioether (sulfide) groups is 1. The molecule has 1 heterocycles. The number of nitrogens with two attached hydrogens (primary N) is 1. The summed E-state index contributed by atoms with van der Waals surface area (Å²) in [5.41, 5.74) is 6.28. The molecule has 1 fully saturated rings. The number of nitrogens with zero attached hydrogens (tertiary/aromatic N) is 1. The van der Waals surface area contributed by atoms with E-state index in [0.29, 0.717) is 6.54 Å². The second-order valence-electron chi connectivity index (χ2n) is 5.20. The molecule has 0 radical (unpaired) electrons. The first-order valence-electron chi connectivity index (χ1n) is 7.50. The van der Waals surface area contributed by atoms with Crippen molar-refractivity contribution in [3.8, 4) is 0 Å². The van der Waals surface area contributed by atoms with Crippen LogP contribution in [0.2, 0.25) is 0 Å². The van der Waals surface area contributed by atoms with E-state index in [4.69, 9.17) is 10.5 Å². The zero-order valence-electron chi connectivity index (χ0n) is 12.6. The van der Waals surface area contributed by atoms with Crippen LogP contribution in [-0.2, 0) is 4.74 Å². The number of ether oxygens (including phenoxy) is 1. The fourth-order valence-electron chi connectivity index (χ4n) is 2.55. The molecule has 2 rings (SSSR count). The van der Waals surface area contributed by atoms with Gasteiger partial charge in [0, 0.05) is 24.6 Å². The largest absolute Gasteiger partial charge is 0.378 e. The van der Waals surface area contributed by atoms with Crippen molar-refractivity contribution >= 4 is 17.7 Å². The predicted molar refractivity (Wildman–Crippen MR) is 86.8 cm³/mol. The fourth-order valence-corrected chi connectivity index (χ4v) is 3.14. The Kier molecular flexibility index (Phi) is 6.54. The van der Waals surface area contributed by atoms with Crippen LogP contribution < -0.4 is 5.73 Å². The molecule has 5 heteroatoms. The smallest absolute Gasteiger partial charge is 0.254 e. The van der Waals surface area contributed by atoms with Crippen LogP contribution in [0.4, 0.5) is 0 Å². The van der Waals surface area contributed by atoms with Crippen molar-refractivity contribution < 1.29 is 9.53 Å². The Morgan fingerprint density at radius 3 is 2.76 bits per heavy atom. The topological polar surface area (TPSA) is 55.6 Å². The Morgan fingerprint density at radius 2 is 2.10 bits per heavy atom. The summed E-state index contributed by atoms with van der Waals surface area (Å²) in [5.74, 6) is 0.139. The first-order chi connectivity index (χ1) is 10.3. The van der Waals surface area contributed by atoms with Gasteiger partial charge in [-0.3, -0.25) is 4.79 Å². The minimum Gasteiger partial charge on any atom is -0.378 e. The molecule has 0 aromatic heterocycles. The lowest BCUT2D eigenvalue weighted by molar-refractivity contribution is 0.00835. The summed E-state index contributed by atoms with van der Waals surface area (Å²) < 4.78 is 5.78. The van der Waals surface area contributed by atoms with Gasteiger partial charge in [0.2, 0.25) is 0 Å². The van der Waals surface area contributed by atoms with E-state index >= 15 is 0 Å². The third-order valence-corrected chi connectivity index (χ3v) is 4.56. The molecule has 0 unspecified atom stereocenters. The Balaban J connectivity index is 1.88. The minimum atomic E-state index is 0.139. The highest BCUT2D eigenvalue weighted by Gasteiger charge is 2.25. The molecule has 0 aliphatic carbocycles. The molecule has 0 saturated carbocycles. The van der Waals surface area contributed by atoms with Gasteiger partial charge >= 0.3 is 0 Å². The average molecular weight is 308 g/mol. The molecule has 1 aromatic carbocycles. The van der Waals surface area contributed by atoms with E-state index in [9.17, 15) is 4.79 Å². The summed E-state index contributed by atoms with van der Waals surface area (Å²) >= 11 is 1.62. The number of hydrogen-bond acceptors (Lipinski definition) is 4. The Bertz CT molecular complexity index is 459. The van der Waals surface area contributed by atoms with E-state index in [-0.39, 0.29) is 12.0 Å². The first-order valence-corrected chi connectivity index (χ1v) is 8.72. The van der Waals surface area contributed by atoms with Crippen molar-refractivity contribution in [2.75, 3.05) is 32.5 Å². The van der Waals surface area contributed by atoms with Gasteiger partial charge < -0.3 is 15.4 Å². The Labute approximate surface area is 131 Å². The fraction of sp³-hybridized carbons (Fsp3) is 0.562. The standard InChI is InChI=1S/C16H24N2O2S/c1-21-15-6-3-2-5-14(15)16(19)18-10-7-13(8-11-18)20-12-4-9-17/h2-3,5-6,13H,4,7-12,17H2,1H3. The molecule has 1 amide bonds. The summed E-state index contributed by atoms with van der Waals surface area (Å²) in [6.45, 7) is 2.94. The molecule has 2 N–H and O–H groups in total. The molecule has 0 spiro atoms. The Hall–Kier alpha value is -1.04. The average Bonchev–Trinajstić information content (AvgIpc) is 2.55. The second kappa shape index (κ2) is 8.41. The number of rotatable bonds is 6. The van der Waals surface area contributed by atoms with E-state index in [1.54, 1.807) is 11.8 Å². The lowest BCUT2D eigenvalue weighted by atomic mass is 10.1. The zero-order valence-corrected chi connectivity index (χ0v) is 13.4. The molecule has 0 atom stereocenters. The van der Waals surface area contributed by atoms with Gasteiger partial charge in [0.1, 0.15) is 0 Å². The van der Waals surface area contributed by atoms with Crippen LogP contribution in [0, 0.1) is 0 Å². The molecule has 21 heavy (non-hydrogen) atoms. The highest BCUT2D eigenvalue weighted by molar-refractivity contribution is 7.98. The molecular weight excluding hydrogens is 284 g/mol. The molecule has 1 aliphatic heterocycles. The van der Waals surface area contributed by atoms with Crippen LogP contribution in [0.3, 0.4) is 0 Å². The van der Waals surface area contributed by atoms with Gasteiger partial charge in [-0.15, -0.1) is 11.8 Å². The van der Waals surface area contributed by atoms with Crippen LogP contribution in [0.15, 0.2) is 29.2 Å². The predicted octanol–water partition coefficient (Wildman–Crippen LogP) is 2.38. The van der Waals surface area contributed by atoms with Gasteiger partial charge in [-0.2, -0.15) is 0 Å². The molecule has 1 aliphatic rings. The van der Waals surface area contributed by atoms with E-state index in [1.807, 2.05) is 35.4 Å². The highest BCUT2D eigenvalue weighted by Crippen LogP contribution is 2.23. The van der Waals surface area contributed by atoms with Crippen LogP contribution in [0.5, 0.6) is 0 Å². The van der Waals surface area contributed by atoms with Crippen molar-refractivity contribution in [3.63, 3.8) is 0 Å². The maximum atomic E-state index is 12.6. The van der Waals surface area contributed by atoms with Crippen molar-refractivity contribution in [2.24, 2.45) is 5.73 Å². The number of likely N-dealkylation sites (tertiary alicyclic amines) is 1. The number of piperidine rings is 1. The zero-order chi connectivity index (χ0) is 15.1. The number of hydrogen-bond donors (Lipinski definition) is 1. The number of carbonyl (C=O) groups is 1. The Morgan fingerprint density at radius 1 is 1.38 bits per heavy atom. The third-order valence-electron chi connectivity index (χ3n) is 3.77. The second-order valence-corrected chi connectivity index (χ2v) is 6.05.